The predicted octanol–water partition coefficient (Wildman–Crippen LogP) is 2.86. The molecule has 0 aliphatic rings. The lowest BCUT2D eigenvalue weighted by molar-refractivity contribution is -0.129. The molecule has 0 unspecified atom stereocenters. The Bertz CT molecular complexity index is 401. The van der Waals surface area contributed by atoms with Crippen LogP contribution < -0.4 is 10.6 Å². The zero-order chi connectivity index (χ0) is 13.8. The lowest BCUT2D eigenvalue weighted by atomic mass is 9.92. The minimum absolute atomic E-state index is 0.0584. The van der Waals surface area contributed by atoms with Crippen LogP contribution in [0.3, 0.4) is 0 Å². The molecule has 2 N–H and O–H groups in total. The van der Waals surface area contributed by atoms with Gasteiger partial charge < -0.3 is 15.1 Å². The molecular formula is C13H21BrN2O2. The van der Waals surface area contributed by atoms with Crippen molar-refractivity contribution in [1.29, 1.82) is 0 Å². The van der Waals surface area contributed by atoms with Crippen molar-refractivity contribution in [2.24, 2.45) is 5.41 Å². The summed E-state index contributed by atoms with van der Waals surface area (Å²) in [6, 6.07) is 1.92. The second-order valence-electron chi connectivity index (χ2n) is 4.98. The standard InChI is InChI=1S/C13H21BrN2O2/c1-5-15-12(17)13(3,4)8-16-9(2)11-10(14)6-7-18-11/h6-7,9,16H,5,8H2,1-4H3,(H,15,17)/t9-/m1/s1. The zero-order valence-electron chi connectivity index (χ0n) is 11.3. The Balaban J connectivity index is 2.54. The van der Waals surface area contributed by atoms with Crippen LogP contribution in [-0.2, 0) is 4.79 Å². The van der Waals surface area contributed by atoms with Crippen LogP contribution in [0.15, 0.2) is 21.2 Å². The SMILES string of the molecule is CCNC(=O)C(C)(C)CN[C@H](C)c1occc1Br. The molecular weight excluding hydrogens is 296 g/mol. The molecule has 1 rings (SSSR count). The van der Waals surface area contributed by atoms with Crippen molar-refractivity contribution in [3.63, 3.8) is 0 Å². The predicted molar refractivity (Wildman–Crippen MR) is 75.3 cm³/mol. The fourth-order valence-electron chi connectivity index (χ4n) is 1.60. The van der Waals surface area contributed by atoms with E-state index < -0.39 is 5.41 Å². The van der Waals surface area contributed by atoms with Crippen molar-refractivity contribution < 1.29 is 9.21 Å². The third kappa shape index (κ3) is 3.85. The summed E-state index contributed by atoms with van der Waals surface area (Å²) < 4.78 is 6.33. The van der Waals surface area contributed by atoms with Gasteiger partial charge in [0.1, 0.15) is 5.76 Å². The Kier molecular flexibility index (Phi) is 5.41. The number of rotatable bonds is 6. The molecule has 0 saturated heterocycles. The highest BCUT2D eigenvalue weighted by Gasteiger charge is 2.28. The van der Waals surface area contributed by atoms with Crippen molar-refractivity contribution in [2.45, 2.75) is 33.7 Å². The molecule has 18 heavy (non-hydrogen) atoms. The summed E-state index contributed by atoms with van der Waals surface area (Å²) in [5.41, 5.74) is -0.441. The van der Waals surface area contributed by atoms with Crippen LogP contribution in [0.25, 0.3) is 0 Å². The number of furan rings is 1. The topological polar surface area (TPSA) is 54.3 Å². The molecule has 5 heteroatoms. The molecule has 0 radical (unpaired) electrons. The molecule has 0 fully saturated rings. The van der Waals surface area contributed by atoms with Crippen LogP contribution in [0.1, 0.15) is 39.5 Å². The first-order valence-electron chi connectivity index (χ1n) is 6.13. The third-order valence-electron chi connectivity index (χ3n) is 2.84. The van der Waals surface area contributed by atoms with Crippen molar-refractivity contribution in [3.05, 3.63) is 22.6 Å². The quantitative estimate of drug-likeness (QED) is 0.848. The first kappa shape index (κ1) is 15.2. The molecule has 0 aliphatic heterocycles. The van der Waals surface area contributed by atoms with E-state index in [0.29, 0.717) is 13.1 Å². The van der Waals surface area contributed by atoms with Gasteiger partial charge in [0.15, 0.2) is 0 Å². The summed E-state index contributed by atoms with van der Waals surface area (Å²) in [4.78, 5) is 11.8. The minimum atomic E-state index is -0.441. The number of carbonyl (C=O) groups excluding carboxylic acids is 1. The molecule has 102 valence electrons. The van der Waals surface area contributed by atoms with E-state index in [4.69, 9.17) is 4.42 Å². The van der Waals surface area contributed by atoms with E-state index in [0.717, 1.165) is 10.2 Å². The van der Waals surface area contributed by atoms with Gasteiger partial charge in [-0.15, -0.1) is 0 Å². The second kappa shape index (κ2) is 6.38. The number of amides is 1. The van der Waals surface area contributed by atoms with Crippen LogP contribution in [0, 0.1) is 5.41 Å². The largest absolute Gasteiger partial charge is 0.466 e. The van der Waals surface area contributed by atoms with Crippen LogP contribution >= 0.6 is 15.9 Å². The molecule has 1 atom stereocenters. The van der Waals surface area contributed by atoms with E-state index in [9.17, 15) is 4.79 Å². The second-order valence-corrected chi connectivity index (χ2v) is 5.83. The fraction of sp³-hybridized carbons (Fsp3) is 0.615. The van der Waals surface area contributed by atoms with E-state index in [1.165, 1.54) is 0 Å². The molecule has 1 heterocycles. The Morgan fingerprint density at radius 3 is 2.72 bits per heavy atom. The van der Waals surface area contributed by atoms with Gasteiger partial charge in [-0.3, -0.25) is 4.79 Å². The average Bonchev–Trinajstić information content (AvgIpc) is 2.73. The summed E-state index contributed by atoms with van der Waals surface area (Å²) in [5, 5.41) is 6.16. The van der Waals surface area contributed by atoms with Gasteiger partial charge in [0, 0.05) is 13.1 Å². The zero-order valence-corrected chi connectivity index (χ0v) is 12.9. The highest BCUT2D eigenvalue weighted by atomic mass is 79.9. The van der Waals surface area contributed by atoms with Gasteiger partial charge in [-0.25, -0.2) is 0 Å². The fourth-order valence-corrected chi connectivity index (χ4v) is 2.14. The van der Waals surface area contributed by atoms with Crippen LogP contribution in [0.5, 0.6) is 0 Å². The molecule has 1 aromatic rings. The van der Waals surface area contributed by atoms with E-state index in [1.54, 1.807) is 6.26 Å². The van der Waals surface area contributed by atoms with E-state index in [-0.39, 0.29) is 11.9 Å². The number of hydrogen-bond acceptors (Lipinski definition) is 3. The average molecular weight is 317 g/mol. The number of carbonyl (C=O) groups is 1. The van der Waals surface area contributed by atoms with Gasteiger partial charge in [-0.2, -0.15) is 0 Å². The molecule has 0 spiro atoms. The monoisotopic (exact) mass is 316 g/mol. The summed E-state index contributed by atoms with van der Waals surface area (Å²) in [5.74, 6) is 0.907. The Morgan fingerprint density at radius 1 is 1.56 bits per heavy atom. The number of hydrogen-bond donors (Lipinski definition) is 2. The molecule has 0 aliphatic carbocycles. The van der Waals surface area contributed by atoms with E-state index >= 15 is 0 Å². The number of nitrogens with one attached hydrogen (secondary N) is 2. The van der Waals surface area contributed by atoms with Crippen molar-refractivity contribution in [2.75, 3.05) is 13.1 Å². The Labute approximate surface area is 117 Å². The number of halogens is 1. The summed E-state index contributed by atoms with van der Waals surface area (Å²) in [6.07, 6.45) is 1.65. The van der Waals surface area contributed by atoms with Gasteiger partial charge in [0.05, 0.1) is 22.2 Å². The first-order chi connectivity index (χ1) is 8.38. The minimum Gasteiger partial charge on any atom is -0.466 e. The van der Waals surface area contributed by atoms with Crippen molar-refractivity contribution in [3.8, 4) is 0 Å². The maximum atomic E-state index is 11.8. The molecule has 0 aromatic carbocycles. The van der Waals surface area contributed by atoms with Crippen LogP contribution in [-0.4, -0.2) is 19.0 Å². The van der Waals surface area contributed by atoms with Crippen LogP contribution in [0.4, 0.5) is 0 Å². The maximum Gasteiger partial charge on any atom is 0.226 e. The molecule has 1 aromatic heterocycles. The smallest absolute Gasteiger partial charge is 0.226 e. The van der Waals surface area contributed by atoms with Crippen molar-refractivity contribution >= 4 is 21.8 Å². The van der Waals surface area contributed by atoms with E-state index in [1.807, 2.05) is 33.8 Å². The molecule has 1 amide bonds. The summed E-state index contributed by atoms with van der Waals surface area (Å²) in [7, 11) is 0. The van der Waals surface area contributed by atoms with Gasteiger partial charge in [0.2, 0.25) is 5.91 Å². The van der Waals surface area contributed by atoms with Crippen molar-refractivity contribution in [1.82, 2.24) is 10.6 Å². The van der Waals surface area contributed by atoms with Crippen LogP contribution in [0.2, 0.25) is 0 Å². The lowest BCUT2D eigenvalue weighted by Crippen LogP contribution is -2.43. The summed E-state index contributed by atoms with van der Waals surface area (Å²) >= 11 is 3.43. The molecule has 0 bridgehead atoms. The van der Waals surface area contributed by atoms with Gasteiger partial charge in [-0.05, 0) is 49.7 Å². The highest BCUT2D eigenvalue weighted by Crippen LogP contribution is 2.25. The Morgan fingerprint density at radius 2 is 2.22 bits per heavy atom. The molecule has 4 nitrogen and oxygen atoms in total. The third-order valence-corrected chi connectivity index (χ3v) is 3.50. The van der Waals surface area contributed by atoms with Gasteiger partial charge >= 0.3 is 0 Å². The normalized spacial score (nSPS) is 13.4. The summed E-state index contributed by atoms with van der Waals surface area (Å²) in [6.45, 7) is 9.03. The van der Waals surface area contributed by atoms with Gasteiger partial charge in [0.25, 0.3) is 0 Å². The Hall–Kier alpha value is -0.810. The van der Waals surface area contributed by atoms with E-state index in [2.05, 4.69) is 26.6 Å². The lowest BCUT2D eigenvalue weighted by Gasteiger charge is -2.25. The first-order valence-corrected chi connectivity index (χ1v) is 6.92. The van der Waals surface area contributed by atoms with Gasteiger partial charge in [-0.1, -0.05) is 0 Å². The molecule has 0 saturated carbocycles. The maximum absolute atomic E-state index is 11.8. The highest BCUT2D eigenvalue weighted by molar-refractivity contribution is 9.10.